The van der Waals surface area contributed by atoms with Crippen molar-refractivity contribution in [3.63, 3.8) is 0 Å². The van der Waals surface area contributed by atoms with Crippen LogP contribution in [0.15, 0.2) is 36.4 Å². The fourth-order valence-corrected chi connectivity index (χ4v) is 3.71. The molecular weight excluding hydrogens is 404 g/mol. The zero-order valence-electron chi connectivity index (χ0n) is 17.5. The smallest absolute Gasteiger partial charge is 0.331 e. The SMILES string of the molecule is Cc1nn(C)c(Cl)c1/C=C/C(=O)OC(C)C(=O)N1CCN(Cc2ccccc2)CC1. The second-order valence-electron chi connectivity index (χ2n) is 7.41. The van der Waals surface area contributed by atoms with Crippen molar-refractivity contribution in [3.05, 3.63) is 58.4 Å². The van der Waals surface area contributed by atoms with Crippen LogP contribution in [0.5, 0.6) is 0 Å². The summed E-state index contributed by atoms with van der Waals surface area (Å²) in [5, 5.41) is 4.63. The van der Waals surface area contributed by atoms with Gasteiger partial charge in [-0.2, -0.15) is 5.10 Å². The highest BCUT2D eigenvalue weighted by molar-refractivity contribution is 6.31. The summed E-state index contributed by atoms with van der Waals surface area (Å²) in [6.07, 6.45) is 2.00. The minimum Gasteiger partial charge on any atom is -0.449 e. The summed E-state index contributed by atoms with van der Waals surface area (Å²) in [5.41, 5.74) is 2.63. The molecule has 3 rings (SSSR count). The largest absolute Gasteiger partial charge is 0.449 e. The lowest BCUT2D eigenvalue weighted by Gasteiger charge is -2.35. The van der Waals surface area contributed by atoms with Crippen LogP contribution in [-0.4, -0.2) is 63.7 Å². The van der Waals surface area contributed by atoms with E-state index in [4.69, 9.17) is 16.3 Å². The predicted molar refractivity (Wildman–Crippen MR) is 116 cm³/mol. The van der Waals surface area contributed by atoms with Gasteiger partial charge in [0.2, 0.25) is 0 Å². The molecule has 0 saturated carbocycles. The second kappa shape index (κ2) is 9.91. The Balaban J connectivity index is 1.47. The van der Waals surface area contributed by atoms with E-state index in [-0.39, 0.29) is 5.91 Å². The number of aryl methyl sites for hydroxylation is 2. The van der Waals surface area contributed by atoms with Gasteiger partial charge in [-0.15, -0.1) is 0 Å². The van der Waals surface area contributed by atoms with Crippen LogP contribution < -0.4 is 0 Å². The van der Waals surface area contributed by atoms with Crippen LogP contribution in [-0.2, 0) is 27.9 Å². The number of amides is 1. The molecule has 1 fully saturated rings. The fourth-order valence-electron chi connectivity index (χ4n) is 3.48. The first-order valence-corrected chi connectivity index (χ1v) is 10.4. The molecule has 0 N–H and O–H groups in total. The monoisotopic (exact) mass is 430 g/mol. The van der Waals surface area contributed by atoms with E-state index in [0.29, 0.717) is 29.5 Å². The van der Waals surface area contributed by atoms with Crippen molar-refractivity contribution in [3.8, 4) is 0 Å². The van der Waals surface area contributed by atoms with Crippen LogP contribution in [0.3, 0.4) is 0 Å². The van der Waals surface area contributed by atoms with Gasteiger partial charge in [-0.3, -0.25) is 14.4 Å². The summed E-state index contributed by atoms with van der Waals surface area (Å²) in [6, 6.07) is 10.3. The maximum Gasteiger partial charge on any atom is 0.331 e. The van der Waals surface area contributed by atoms with E-state index in [1.165, 1.54) is 16.3 Å². The van der Waals surface area contributed by atoms with Crippen LogP contribution in [0.4, 0.5) is 0 Å². The molecule has 2 aromatic rings. The molecule has 1 unspecified atom stereocenters. The Bertz CT molecular complexity index is 918. The Hall–Kier alpha value is -2.64. The van der Waals surface area contributed by atoms with Crippen LogP contribution in [0, 0.1) is 6.92 Å². The summed E-state index contributed by atoms with van der Waals surface area (Å²) < 4.78 is 6.83. The number of carbonyl (C=O) groups excluding carboxylic acids is 2. The molecule has 30 heavy (non-hydrogen) atoms. The zero-order chi connectivity index (χ0) is 21.7. The molecule has 1 amide bonds. The number of carbonyl (C=O) groups is 2. The lowest BCUT2D eigenvalue weighted by molar-refractivity contribution is -0.156. The number of halogens is 1. The van der Waals surface area contributed by atoms with Gasteiger partial charge in [-0.25, -0.2) is 4.79 Å². The predicted octanol–water partition coefficient (Wildman–Crippen LogP) is 2.67. The van der Waals surface area contributed by atoms with Gasteiger partial charge in [0.05, 0.1) is 5.69 Å². The highest BCUT2D eigenvalue weighted by Crippen LogP contribution is 2.20. The van der Waals surface area contributed by atoms with E-state index >= 15 is 0 Å². The summed E-state index contributed by atoms with van der Waals surface area (Å²) in [6.45, 7) is 7.10. The second-order valence-corrected chi connectivity index (χ2v) is 7.77. The molecule has 1 aliphatic heterocycles. The van der Waals surface area contributed by atoms with Crippen LogP contribution in [0.1, 0.15) is 23.7 Å². The molecule has 7 nitrogen and oxygen atoms in total. The molecule has 2 heterocycles. The topological polar surface area (TPSA) is 67.7 Å². The number of hydrogen-bond donors (Lipinski definition) is 0. The van der Waals surface area contributed by atoms with Gasteiger partial charge >= 0.3 is 5.97 Å². The Labute approximate surface area is 181 Å². The van der Waals surface area contributed by atoms with Crippen molar-refractivity contribution in [2.45, 2.75) is 26.5 Å². The first-order valence-electron chi connectivity index (χ1n) is 9.98. The maximum absolute atomic E-state index is 12.7. The van der Waals surface area contributed by atoms with Crippen molar-refractivity contribution >= 4 is 29.6 Å². The number of piperazine rings is 1. The summed E-state index contributed by atoms with van der Waals surface area (Å²) in [4.78, 5) is 28.9. The number of ether oxygens (including phenoxy) is 1. The van der Waals surface area contributed by atoms with Gasteiger partial charge < -0.3 is 9.64 Å². The van der Waals surface area contributed by atoms with E-state index in [1.54, 1.807) is 31.9 Å². The Morgan fingerprint density at radius 1 is 1.20 bits per heavy atom. The minimum absolute atomic E-state index is 0.174. The lowest BCUT2D eigenvalue weighted by Crippen LogP contribution is -2.51. The third-order valence-electron chi connectivity index (χ3n) is 5.16. The third kappa shape index (κ3) is 5.49. The molecule has 1 aromatic heterocycles. The van der Waals surface area contributed by atoms with Crippen molar-refractivity contribution in [2.24, 2.45) is 7.05 Å². The Kier molecular flexibility index (Phi) is 7.29. The Morgan fingerprint density at radius 3 is 2.47 bits per heavy atom. The number of benzene rings is 1. The number of aromatic nitrogens is 2. The number of hydrogen-bond acceptors (Lipinski definition) is 5. The van der Waals surface area contributed by atoms with Gasteiger partial charge in [0.15, 0.2) is 6.10 Å². The van der Waals surface area contributed by atoms with Gasteiger partial charge in [-0.1, -0.05) is 41.9 Å². The van der Waals surface area contributed by atoms with E-state index in [9.17, 15) is 9.59 Å². The number of esters is 1. The molecule has 1 aliphatic rings. The van der Waals surface area contributed by atoms with Crippen molar-refractivity contribution < 1.29 is 14.3 Å². The standard InChI is InChI=1S/C22H27ClN4O3/c1-16-19(21(23)25(3)24-16)9-10-20(28)30-17(2)22(29)27-13-11-26(12-14-27)15-18-7-5-4-6-8-18/h4-10,17H,11-15H2,1-3H3/b10-9+. The average molecular weight is 431 g/mol. The summed E-state index contributed by atoms with van der Waals surface area (Å²) in [5.74, 6) is -0.760. The fraction of sp³-hybridized carbons (Fsp3) is 0.409. The zero-order valence-corrected chi connectivity index (χ0v) is 18.3. The highest BCUT2D eigenvalue weighted by Gasteiger charge is 2.26. The molecule has 0 radical (unpaired) electrons. The highest BCUT2D eigenvalue weighted by atomic mass is 35.5. The van der Waals surface area contributed by atoms with E-state index in [0.717, 1.165) is 19.6 Å². The van der Waals surface area contributed by atoms with Gasteiger partial charge in [0.1, 0.15) is 5.15 Å². The number of rotatable bonds is 6. The van der Waals surface area contributed by atoms with Gasteiger partial charge in [-0.05, 0) is 25.5 Å². The molecule has 0 bridgehead atoms. The van der Waals surface area contributed by atoms with Crippen molar-refractivity contribution in [1.29, 1.82) is 0 Å². The molecule has 1 atom stereocenters. The van der Waals surface area contributed by atoms with Crippen LogP contribution in [0.25, 0.3) is 6.08 Å². The molecule has 8 heteroatoms. The van der Waals surface area contributed by atoms with Gasteiger partial charge in [0, 0.05) is 51.4 Å². The molecule has 1 saturated heterocycles. The van der Waals surface area contributed by atoms with Gasteiger partial charge in [0.25, 0.3) is 5.91 Å². The summed E-state index contributed by atoms with van der Waals surface area (Å²) >= 11 is 6.15. The van der Waals surface area contributed by atoms with Crippen LogP contribution in [0.2, 0.25) is 5.15 Å². The summed E-state index contributed by atoms with van der Waals surface area (Å²) in [7, 11) is 1.73. The molecular formula is C22H27ClN4O3. The quantitative estimate of drug-likeness (QED) is 0.520. The normalized spacial score (nSPS) is 16.1. The number of nitrogens with zero attached hydrogens (tertiary/aromatic N) is 4. The lowest BCUT2D eigenvalue weighted by atomic mass is 10.2. The molecule has 160 valence electrons. The Morgan fingerprint density at radius 2 is 1.87 bits per heavy atom. The first kappa shape index (κ1) is 22.1. The minimum atomic E-state index is -0.840. The maximum atomic E-state index is 12.7. The molecule has 1 aromatic carbocycles. The van der Waals surface area contributed by atoms with E-state index in [1.807, 2.05) is 18.2 Å². The molecule has 0 spiro atoms. The van der Waals surface area contributed by atoms with E-state index < -0.39 is 12.1 Å². The van der Waals surface area contributed by atoms with Crippen molar-refractivity contribution in [2.75, 3.05) is 26.2 Å². The first-order chi connectivity index (χ1) is 14.3. The van der Waals surface area contributed by atoms with E-state index in [2.05, 4.69) is 22.1 Å². The molecule has 0 aliphatic carbocycles. The third-order valence-corrected chi connectivity index (χ3v) is 5.60. The average Bonchev–Trinajstić information content (AvgIpc) is 2.98. The van der Waals surface area contributed by atoms with Crippen LogP contribution >= 0.6 is 11.6 Å². The van der Waals surface area contributed by atoms with Crippen molar-refractivity contribution in [1.82, 2.24) is 19.6 Å².